The standard InChI is InChI=1S/C15H9F6NO/c16-14(17,18)9-6-10(15(19,20)21)8-11(7-9)22-12-4-2-1-3-5-13(12)23/h1-8H,(H,22,23). The van der Waals surface area contributed by atoms with Crippen molar-refractivity contribution in [3.63, 3.8) is 0 Å². The maximum absolute atomic E-state index is 12.8. The molecule has 0 heterocycles. The SMILES string of the molecule is O=c1cccccc1Nc1cc(C(F)(F)F)cc(C(F)(F)F)c1. The molecule has 2 aromatic rings. The van der Waals surface area contributed by atoms with Gasteiger partial charge in [0.2, 0.25) is 5.43 Å². The van der Waals surface area contributed by atoms with Gasteiger partial charge < -0.3 is 5.32 Å². The van der Waals surface area contributed by atoms with Gasteiger partial charge in [-0.15, -0.1) is 0 Å². The maximum atomic E-state index is 12.8. The van der Waals surface area contributed by atoms with Gasteiger partial charge in [-0.2, -0.15) is 26.3 Å². The van der Waals surface area contributed by atoms with Crippen molar-refractivity contribution >= 4 is 11.4 Å². The molecule has 1 N–H and O–H groups in total. The summed E-state index contributed by atoms with van der Waals surface area (Å²) in [6, 6.07) is 7.79. The van der Waals surface area contributed by atoms with Gasteiger partial charge in [0.15, 0.2) is 0 Å². The Kier molecular flexibility index (Phi) is 4.35. The molecule has 0 aliphatic rings. The zero-order valence-corrected chi connectivity index (χ0v) is 11.3. The van der Waals surface area contributed by atoms with Crippen LogP contribution in [0.15, 0.2) is 53.3 Å². The number of hydrogen-bond donors (Lipinski definition) is 1. The minimum Gasteiger partial charge on any atom is -0.352 e. The second-order valence-corrected chi connectivity index (χ2v) is 4.61. The van der Waals surface area contributed by atoms with Crippen molar-refractivity contribution in [1.29, 1.82) is 0 Å². The highest BCUT2D eigenvalue weighted by Crippen LogP contribution is 2.37. The minimum atomic E-state index is -4.95. The first-order valence-corrected chi connectivity index (χ1v) is 6.23. The van der Waals surface area contributed by atoms with Crippen molar-refractivity contribution in [2.24, 2.45) is 0 Å². The van der Waals surface area contributed by atoms with E-state index in [9.17, 15) is 31.1 Å². The highest BCUT2D eigenvalue weighted by molar-refractivity contribution is 5.61. The second-order valence-electron chi connectivity index (χ2n) is 4.61. The first-order chi connectivity index (χ1) is 10.6. The molecule has 8 heteroatoms. The zero-order valence-electron chi connectivity index (χ0n) is 11.3. The van der Waals surface area contributed by atoms with E-state index in [2.05, 4.69) is 5.32 Å². The molecule has 122 valence electrons. The average Bonchev–Trinajstić information content (AvgIpc) is 2.62. The van der Waals surface area contributed by atoms with E-state index in [0.717, 1.165) is 6.07 Å². The Bertz CT molecular complexity index is 735. The van der Waals surface area contributed by atoms with Crippen LogP contribution in [0.4, 0.5) is 37.7 Å². The van der Waals surface area contributed by atoms with Crippen molar-refractivity contribution in [3.05, 3.63) is 69.9 Å². The van der Waals surface area contributed by atoms with Crippen molar-refractivity contribution in [3.8, 4) is 0 Å². The van der Waals surface area contributed by atoms with Crippen LogP contribution in [0.5, 0.6) is 0 Å². The van der Waals surface area contributed by atoms with Gasteiger partial charge in [0, 0.05) is 5.69 Å². The van der Waals surface area contributed by atoms with E-state index in [4.69, 9.17) is 0 Å². The van der Waals surface area contributed by atoms with Gasteiger partial charge in [-0.25, -0.2) is 0 Å². The minimum absolute atomic E-state index is 0.0221. The lowest BCUT2D eigenvalue weighted by Gasteiger charge is -2.14. The van der Waals surface area contributed by atoms with Crippen LogP contribution in [-0.4, -0.2) is 0 Å². The smallest absolute Gasteiger partial charge is 0.352 e. The number of nitrogens with one attached hydrogen (secondary N) is 1. The maximum Gasteiger partial charge on any atom is 0.416 e. The van der Waals surface area contributed by atoms with Crippen LogP contribution in [0.2, 0.25) is 0 Å². The van der Waals surface area contributed by atoms with Gasteiger partial charge in [0.1, 0.15) is 0 Å². The Balaban J connectivity index is 2.54. The van der Waals surface area contributed by atoms with E-state index < -0.39 is 34.6 Å². The number of alkyl halides is 6. The molecule has 0 amide bonds. The monoisotopic (exact) mass is 333 g/mol. The third kappa shape index (κ3) is 4.24. The predicted octanol–water partition coefficient (Wildman–Crippen LogP) is 4.83. The topological polar surface area (TPSA) is 29.1 Å². The van der Waals surface area contributed by atoms with Crippen LogP contribution >= 0.6 is 0 Å². The summed E-state index contributed by atoms with van der Waals surface area (Å²) in [6.07, 6.45) is -9.89. The van der Waals surface area contributed by atoms with E-state index >= 15 is 0 Å². The highest BCUT2D eigenvalue weighted by atomic mass is 19.4. The van der Waals surface area contributed by atoms with E-state index in [1.54, 1.807) is 0 Å². The molecule has 23 heavy (non-hydrogen) atoms. The van der Waals surface area contributed by atoms with Gasteiger partial charge in [-0.3, -0.25) is 4.79 Å². The first kappa shape index (κ1) is 16.9. The van der Waals surface area contributed by atoms with Crippen molar-refractivity contribution in [2.45, 2.75) is 12.4 Å². The number of hydrogen-bond acceptors (Lipinski definition) is 2. The first-order valence-electron chi connectivity index (χ1n) is 6.23. The van der Waals surface area contributed by atoms with Crippen LogP contribution in [0, 0.1) is 0 Å². The lowest BCUT2D eigenvalue weighted by molar-refractivity contribution is -0.143. The van der Waals surface area contributed by atoms with Crippen LogP contribution in [0.1, 0.15) is 11.1 Å². The molecular formula is C15H9F6NO. The fourth-order valence-electron chi connectivity index (χ4n) is 1.82. The van der Waals surface area contributed by atoms with Gasteiger partial charge in [0.05, 0.1) is 16.8 Å². The summed E-state index contributed by atoms with van der Waals surface area (Å²) in [7, 11) is 0. The molecule has 0 radical (unpaired) electrons. The largest absolute Gasteiger partial charge is 0.416 e. The summed E-state index contributed by atoms with van der Waals surface area (Å²) in [6.45, 7) is 0. The Hall–Kier alpha value is -2.51. The Labute approximate surface area is 126 Å². The Morgan fingerprint density at radius 1 is 0.739 bits per heavy atom. The third-order valence-corrected chi connectivity index (χ3v) is 2.86. The lowest BCUT2D eigenvalue weighted by Crippen LogP contribution is -2.12. The van der Waals surface area contributed by atoms with E-state index in [1.165, 1.54) is 24.3 Å². The molecule has 2 nitrogen and oxygen atoms in total. The quantitative estimate of drug-likeness (QED) is 0.798. The summed E-state index contributed by atoms with van der Waals surface area (Å²) >= 11 is 0. The van der Waals surface area contributed by atoms with E-state index in [1.807, 2.05) is 0 Å². The number of anilines is 2. The van der Waals surface area contributed by atoms with Crippen LogP contribution in [0.3, 0.4) is 0 Å². The molecular weight excluding hydrogens is 324 g/mol. The van der Waals surface area contributed by atoms with Crippen LogP contribution < -0.4 is 10.7 Å². The van der Waals surface area contributed by atoms with E-state index in [-0.39, 0.29) is 11.8 Å². The predicted molar refractivity (Wildman–Crippen MR) is 72.4 cm³/mol. The Morgan fingerprint density at radius 3 is 1.78 bits per heavy atom. The van der Waals surface area contributed by atoms with Crippen molar-refractivity contribution < 1.29 is 26.3 Å². The summed E-state index contributed by atoms with van der Waals surface area (Å²) in [5.41, 5.74) is -4.09. The van der Waals surface area contributed by atoms with Gasteiger partial charge in [-0.05, 0) is 30.3 Å². The third-order valence-electron chi connectivity index (χ3n) is 2.86. The molecule has 2 aromatic carbocycles. The molecule has 0 atom stereocenters. The molecule has 0 aromatic heterocycles. The average molecular weight is 333 g/mol. The van der Waals surface area contributed by atoms with Gasteiger partial charge >= 0.3 is 12.4 Å². The molecule has 0 saturated carbocycles. The molecule has 0 bridgehead atoms. The van der Waals surface area contributed by atoms with Gasteiger partial charge in [-0.1, -0.05) is 18.2 Å². The number of rotatable bonds is 2. The van der Waals surface area contributed by atoms with Crippen LogP contribution in [-0.2, 0) is 12.4 Å². The summed E-state index contributed by atoms with van der Waals surface area (Å²) in [5, 5.41) is 2.30. The molecule has 0 aliphatic carbocycles. The molecule has 2 rings (SSSR count). The highest BCUT2D eigenvalue weighted by Gasteiger charge is 2.36. The van der Waals surface area contributed by atoms with Crippen molar-refractivity contribution in [1.82, 2.24) is 0 Å². The zero-order chi connectivity index (χ0) is 17.3. The fourth-order valence-corrected chi connectivity index (χ4v) is 1.82. The normalized spacial score (nSPS) is 12.1. The lowest BCUT2D eigenvalue weighted by atomic mass is 10.1. The second kappa shape index (κ2) is 5.94. The summed E-state index contributed by atoms with van der Waals surface area (Å²) in [4.78, 5) is 11.7. The van der Waals surface area contributed by atoms with Gasteiger partial charge in [0.25, 0.3) is 0 Å². The van der Waals surface area contributed by atoms with Crippen LogP contribution in [0.25, 0.3) is 0 Å². The fraction of sp³-hybridized carbons (Fsp3) is 0.133. The van der Waals surface area contributed by atoms with E-state index in [0.29, 0.717) is 12.1 Å². The summed E-state index contributed by atoms with van der Waals surface area (Å²) < 4.78 is 76.5. The molecule has 0 fully saturated rings. The number of halogens is 6. The molecule has 0 unspecified atom stereocenters. The van der Waals surface area contributed by atoms with Crippen molar-refractivity contribution in [2.75, 3.05) is 5.32 Å². The number of benzene rings is 1. The molecule has 0 saturated heterocycles. The molecule has 0 spiro atoms. The molecule has 0 aliphatic heterocycles. The Morgan fingerprint density at radius 2 is 1.26 bits per heavy atom. The summed E-state index contributed by atoms with van der Waals surface area (Å²) in [5.74, 6) is 0.